The molecule has 1 N–H and O–H groups in total. The Kier molecular flexibility index (Phi) is 5.04. The number of nitrogens with one attached hydrogen (secondary N) is 1. The maximum atomic E-state index is 11.3. The fourth-order valence-electron chi connectivity index (χ4n) is 1.55. The van der Waals surface area contributed by atoms with Gasteiger partial charge >= 0.3 is 0 Å². The van der Waals surface area contributed by atoms with Crippen LogP contribution < -0.4 is 10.9 Å². The van der Waals surface area contributed by atoms with Gasteiger partial charge in [0.2, 0.25) is 0 Å². The van der Waals surface area contributed by atoms with Crippen LogP contribution >= 0.6 is 0 Å². The van der Waals surface area contributed by atoms with Gasteiger partial charge in [0.15, 0.2) is 0 Å². The monoisotopic (exact) mass is 209 g/mol. The van der Waals surface area contributed by atoms with E-state index in [1.54, 1.807) is 18.3 Å². The van der Waals surface area contributed by atoms with Crippen LogP contribution in [0.4, 0.5) is 0 Å². The van der Waals surface area contributed by atoms with Gasteiger partial charge in [0.25, 0.3) is 5.56 Å². The first-order valence-electron chi connectivity index (χ1n) is 5.49. The van der Waals surface area contributed by atoms with Crippen molar-refractivity contribution in [2.45, 2.75) is 39.3 Å². The van der Waals surface area contributed by atoms with E-state index in [1.165, 1.54) is 4.68 Å². The molecule has 0 bridgehead atoms. The maximum absolute atomic E-state index is 11.3. The molecule has 4 heteroatoms. The molecule has 1 unspecified atom stereocenters. The van der Waals surface area contributed by atoms with Crippen molar-refractivity contribution < 1.29 is 0 Å². The Bertz CT molecular complexity index is 335. The Morgan fingerprint density at radius 2 is 2.40 bits per heavy atom. The molecule has 0 saturated heterocycles. The quantitative estimate of drug-likeness (QED) is 0.761. The molecule has 4 nitrogen and oxygen atoms in total. The fourth-order valence-corrected chi connectivity index (χ4v) is 1.55. The normalized spacial score (nSPS) is 12.7. The van der Waals surface area contributed by atoms with E-state index in [0.717, 1.165) is 19.4 Å². The summed E-state index contributed by atoms with van der Waals surface area (Å²) in [5.41, 5.74) is -0.0198. The molecular weight excluding hydrogens is 190 g/mol. The molecule has 1 heterocycles. The molecule has 1 rings (SSSR count). The van der Waals surface area contributed by atoms with Crippen molar-refractivity contribution in [1.82, 2.24) is 15.1 Å². The Labute approximate surface area is 90.3 Å². The van der Waals surface area contributed by atoms with Gasteiger partial charge in [-0.05, 0) is 32.4 Å². The van der Waals surface area contributed by atoms with Crippen molar-refractivity contribution in [1.29, 1.82) is 0 Å². The van der Waals surface area contributed by atoms with E-state index in [-0.39, 0.29) is 5.56 Å². The van der Waals surface area contributed by atoms with E-state index in [1.807, 2.05) is 0 Å². The summed E-state index contributed by atoms with van der Waals surface area (Å²) in [7, 11) is 0. The first-order valence-corrected chi connectivity index (χ1v) is 5.49. The minimum absolute atomic E-state index is 0.0198. The molecule has 0 fully saturated rings. The van der Waals surface area contributed by atoms with E-state index < -0.39 is 0 Å². The lowest BCUT2D eigenvalue weighted by atomic mass is 10.2. The second kappa shape index (κ2) is 6.35. The second-order valence-corrected chi connectivity index (χ2v) is 3.69. The molecular formula is C11H19N3O. The van der Waals surface area contributed by atoms with Crippen molar-refractivity contribution in [3.05, 3.63) is 28.7 Å². The molecule has 1 aromatic heterocycles. The minimum atomic E-state index is -0.0198. The molecule has 15 heavy (non-hydrogen) atoms. The van der Waals surface area contributed by atoms with Crippen LogP contribution in [0.3, 0.4) is 0 Å². The van der Waals surface area contributed by atoms with Crippen molar-refractivity contribution in [3.63, 3.8) is 0 Å². The minimum Gasteiger partial charge on any atom is -0.315 e. The lowest BCUT2D eigenvalue weighted by Crippen LogP contribution is -2.27. The number of nitrogens with zero attached hydrogens (tertiary/aromatic N) is 2. The number of hydrogen-bond donors (Lipinski definition) is 1. The first-order chi connectivity index (χ1) is 7.24. The van der Waals surface area contributed by atoms with Gasteiger partial charge in [-0.1, -0.05) is 6.92 Å². The molecule has 0 aromatic carbocycles. The van der Waals surface area contributed by atoms with Crippen LogP contribution in [0.25, 0.3) is 0 Å². The SMILES string of the molecule is CCNC(C)CCCn1ncccc1=O. The Morgan fingerprint density at radius 3 is 3.07 bits per heavy atom. The summed E-state index contributed by atoms with van der Waals surface area (Å²) in [6, 6.07) is 3.72. The topological polar surface area (TPSA) is 46.9 Å². The number of hydrogen-bond acceptors (Lipinski definition) is 3. The molecule has 0 radical (unpaired) electrons. The summed E-state index contributed by atoms with van der Waals surface area (Å²) in [4.78, 5) is 11.3. The van der Waals surface area contributed by atoms with E-state index in [4.69, 9.17) is 0 Å². The largest absolute Gasteiger partial charge is 0.315 e. The van der Waals surface area contributed by atoms with Crippen molar-refractivity contribution in [2.75, 3.05) is 6.54 Å². The zero-order valence-corrected chi connectivity index (χ0v) is 9.44. The van der Waals surface area contributed by atoms with Crippen LogP contribution in [0.15, 0.2) is 23.1 Å². The van der Waals surface area contributed by atoms with Crippen LogP contribution in [-0.2, 0) is 6.54 Å². The molecule has 84 valence electrons. The molecule has 1 atom stereocenters. The molecule has 1 aromatic rings. The Balaban J connectivity index is 2.32. The predicted octanol–water partition coefficient (Wildman–Crippen LogP) is 1.02. The van der Waals surface area contributed by atoms with Gasteiger partial charge in [0.1, 0.15) is 0 Å². The van der Waals surface area contributed by atoms with Gasteiger partial charge in [0, 0.05) is 24.8 Å². The highest BCUT2D eigenvalue weighted by atomic mass is 16.1. The predicted molar refractivity (Wildman–Crippen MR) is 60.9 cm³/mol. The highest BCUT2D eigenvalue weighted by Gasteiger charge is 2.00. The van der Waals surface area contributed by atoms with Crippen LogP contribution in [0.5, 0.6) is 0 Å². The average molecular weight is 209 g/mol. The van der Waals surface area contributed by atoms with Crippen LogP contribution in [-0.4, -0.2) is 22.4 Å². The molecule has 0 aliphatic rings. The molecule has 0 aliphatic heterocycles. The van der Waals surface area contributed by atoms with Gasteiger partial charge in [-0.2, -0.15) is 5.10 Å². The smallest absolute Gasteiger partial charge is 0.266 e. The molecule has 0 spiro atoms. The van der Waals surface area contributed by atoms with Gasteiger partial charge in [0.05, 0.1) is 0 Å². The summed E-state index contributed by atoms with van der Waals surface area (Å²) in [5.74, 6) is 0. The van der Waals surface area contributed by atoms with Crippen LogP contribution in [0.2, 0.25) is 0 Å². The van der Waals surface area contributed by atoms with E-state index in [9.17, 15) is 4.79 Å². The standard InChI is InChI=1S/C11H19N3O/c1-3-12-10(2)6-5-9-14-11(15)7-4-8-13-14/h4,7-8,10,12H,3,5-6,9H2,1-2H3. The highest BCUT2D eigenvalue weighted by molar-refractivity contribution is 4.84. The summed E-state index contributed by atoms with van der Waals surface area (Å²) in [5, 5.41) is 7.34. The second-order valence-electron chi connectivity index (χ2n) is 3.69. The van der Waals surface area contributed by atoms with E-state index in [2.05, 4.69) is 24.3 Å². The lowest BCUT2D eigenvalue weighted by molar-refractivity contribution is 0.462. The third-order valence-electron chi connectivity index (χ3n) is 2.34. The van der Waals surface area contributed by atoms with E-state index in [0.29, 0.717) is 12.6 Å². The summed E-state index contributed by atoms with van der Waals surface area (Å²) in [6.07, 6.45) is 3.69. The van der Waals surface area contributed by atoms with Gasteiger partial charge in [-0.3, -0.25) is 4.79 Å². The van der Waals surface area contributed by atoms with Crippen molar-refractivity contribution in [3.8, 4) is 0 Å². The third kappa shape index (κ3) is 4.25. The Morgan fingerprint density at radius 1 is 1.60 bits per heavy atom. The Hall–Kier alpha value is -1.16. The number of aromatic nitrogens is 2. The van der Waals surface area contributed by atoms with Gasteiger partial charge in [-0.25, -0.2) is 4.68 Å². The first kappa shape index (κ1) is 11.9. The zero-order chi connectivity index (χ0) is 11.1. The fraction of sp³-hybridized carbons (Fsp3) is 0.636. The number of aryl methyl sites for hydroxylation is 1. The molecule has 0 saturated carbocycles. The van der Waals surface area contributed by atoms with Crippen molar-refractivity contribution in [2.24, 2.45) is 0 Å². The van der Waals surface area contributed by atoms with Crippen LogP contribution in [0.1, 0.15) is 26.7 Å². The molecule has 0 amide bonds. The average Bonchev–Trinajstić information content (AvgIpc) is 2.21. The number of rotatable bonds is 6. The summed E-state index contributed by atoms with van der Waals surface area (Å²) in [6.45, 7) is 5.95. The highest BCUT2D eigenvalue weighted by Crippen LogP contribution is 1.97. The lowest BCUT2D eigenvalue weighted by Gasteiger charge is -2.11. The van der Waals surface area contributed by atoms with E-state index >= 15 is 0 Å². The van der Waals surface area contributed by atoms with Gasteiger partial charge < -0.3 is 5.32 Å². The maximum Gasteiger partial charge on any atom is 0.266 e. The third-order valence-corrected chi connectivity index (χ3v) is 2.34. The summed E-state index contributed by atoms with van der Waals surface area (Å²) >= 11 is 0. The molecule has 0 aliphatic carbocycles. The van der Waals surface area contributed by atoms with Gasteiger partial charge in [-0.15, -0.1) is 0 Å². The summed E-state index contributed by atoms with van der Waals surface area (Å²) < 4.78 is 1.51. The zero-order valence-electron chi connectivity index (χ0n) is 9.44. The van der Waals surface area contributed by atoms with Crippen molar-refractivity contribution >= 4 is 0 Å². The van der Waals surface area contributed by atoms with Crippen LogP contribution in [0, 0.1) is 0 Å².